The molecule has 4 fully saturated rings. The average Bonchev–Trinajstić information content (AvgIpc) is 2.27. The van der Waals surface area contributed by atoms with E-state index in [4.69, 9.17) is 5.11 Å². The molecule has 1 unspecified atom stereocenters. The van der Waals surface area contributed by atoms with Crippen molar-refractivity contribution in [3.63, 3.8) is 0 Å². The van der Waals surface area contributed by atoms with Crippen LogP contribution in [0.2, 0.25) is 0 Å². The number of rotatable bonds is 4. The van der Waals surface area contributed by atoms with Gasteiger partial charge in [-0.15, -0.1) is 0 Å². The summed E-state index contributed by atoms with van der Waals surface area (Å²) in [6.07, 6.45) is 7.46. The fourth-order valence-electron chi connectivity index (χ4n) is 5.00. The highest BCUT2D eigenvalue weighted by Gasteiger charge is 2.48. The van der Waals surface area contributed by atoms with Crippen molar-refractivity contribution in [1.82, 2.24) is 0 Å². The Morgan fingerprint density at radius 2 is 1.59 bits per heavy atom. The molecule has 4 aliphatic carbocycles. The van der Waals surface area contributed by atoms with Crippen molar-refractivity contribution in [2.75, 3.05) is 6.61 Å². The summed E-state index contributed by atoms with van der Waals surface area (Å²) in [5, 5.41) is 18.2. The van der Waals surface area contributed by atoms with Crippen LogP contribution in [-0.4, -0.2) is 22.8 Å². The van der Waals surface area contributed by atoms with E-state index in [1.807, 2.05) is 0 Å². The van der Waals surface area contributed by atoms with E-state index < -0.39 is 11.9 Å². The maximum absolute atomic E-state index is 11.0. The summed E-state index contributed by atoms with van der Waals surface area (Å²) >= 11 is 0. The summed E-state index contributed by atoms with van der Waals surface area (Å²) in [5.74, 6) is 2.63. The second-order valence-corrected chi connectivity index (χ2v) is 6.55. The number of aliphatic carboxylic acids is 1. The molecule has 96 valence electrons. The highest BCUT2D eigenvalue weighted by molar-refractivity contribution is 5.70. The Labute approximate surface area is 102 Å². The van der Waals surface area contributed by atoms with Gasteiger partial charge in [0.2, 0.25) is 0 Å². The van der Waals surface area contributed by atoms with Crippen molar-refractivity contribution in [1.29, 1.82) is 0 Å². The van der Waals surface area contributed by atoms with Crippen molar-refractivity contribution < 1.29 is 15.0 Å². The molecule has 0 radical (unpaired) electrons. The minimum Gasteiger partial charge on any atom is -0.481 e. The molecule has 3 heteroatoms. The number of aliphatic hydroxyl groups is 1. The first-order valence-corrected chi connectivity index (χ1v) is 7.01. The molecular weight excluding hydrogens is 216 g/mol. The normalized spacial score (nSPS) is 44.9. The van der Waals surface area contributed by atoms with E-state index in [1.54, 1.807) is 0 Å². The first kappa shape index (κ1) is 11.5. The summed E-state index contributed by atoms with van der Waals surface area (Å²) in [6, 6.07) is 0. The molecule has 0 aromatic carbocycles. The Balaban J connectivity index is 1.69. The Kier molecular flexibility index (Phi) is 2.89. The van der Waals surface area contributed by atoms with E-state index >= 15 is 0 Å². The lowest BCUT2D eigenvalue weighted by molar-refractivity contribution is -0.145. The van der Waals surface area contributed by atoms with Crippen molar-refractivity contribution in [2.24, 2.45) is 35.5 Å². The van der Waals surface area contributed by atoms with Gasteiger partial charge in [0.25, 0.3) is 0 Å². The minimum absolute atomic E-state index is 0.196. The van der Waals surface area contributed by atoms with Gasteiger partial charge in [0.15, 0.2) is 0 Å². The van der Waals surface area contributed by atoms with Gasteiger partial charge in [-0.3, -0.25) is 4.79 Å². The van der Waals surface area contributed by atoms with Crippen molar-refractivity contribution in [3.05, 3.63) is 0 Å². The number of carboxylic acids is 1. The summed E-state index contributed by atoms with van der Waals surface area (Å²) in [4.78, 5) is 11.0. The van der Waals surface area contributed by atoms with E-state index in [-0.39, 0.29) is 6.61 Å². The van der Waals surface area contributed by atoms with Gasteiger partial charge >= 0.3 is 5.97 Å². The molecule has 2 N–H and O–H groups in total. The first-order valence-electron chi connectivity index (χ1n) is 7.01. The fraction of sp³-hybridized carbons (Fsp3) is 0.929. The van der Waals surface area contributed by atoms with E-state index in [1.165, 1.54) is 32.1 Å². The van der Waals surface area contributed by atoms with Gasteiger partial charge < -0.3 is 10.2 Å². The SMILES string of the molecule is O=C(O)C(CO)CC1C2CC3CC(C2)CC1C3. The van der Waals surface area contributed by atoms with Crippen LogP contribution in [0, 0.1) is 35.5 Å². The number of hydrogen-bond acceptors (Lipinski definition) is 2. The summed E-state index contributed by atoms with van der Waals surface area (Å²) in [5.41, 5.74) is 0. The maximum Gasteiger partial charge on any atom is 0.308 e. The van der Waals surface area contributed by atoms with Crippen molar-refractivity contribution >= 4 is 5.97 Å². The van der Waals surface area contributed by atoms with Gasteiger partial charge in [-0.1, -0.05) is 0 Å². The monoisotopic (exact) mass is 238 g/mol. The predicted molar refractivity (Wildman–Crippen MR) is 63.4 cm³/mol. The van der Waals surface area contributed by atoms with E-state index in [0.717, 1.165) is 23.7 Å². The van der Waals surface area contributed by atoms with Gasteiger partial charge in [-0.25, -0.2) is 0 Å². The van der Waals surface area contributed by atoms with Crippen LogP contribution in [0.4, 0.5) is 0 Å². The highest BCUT2D eigenvalue weighted by Crippen LogP contribution is 2.57. The molecule has 0 amide bonds. The maximum atomic E-state index is 11.0. The third-order valence-electron chi connectivity index (χ3n) is 5.55. The zero-order chi connectivity index (χ0) is 12.0. The number of hydrogen-bond donors (Lipinski definition) is 2. The number of carbonyl (C=O) groups is 1. The molecule has 0 saturated heterocycles. The lowest BCUT2D eigenvalue weighted by Gasteiger charge is -2.55. The molecule has 17 heavy (non-hydrogen) atoms. The molecule has 4 rings (SSSR count). The molecular formula is C14H22O3. The Hall–Kier alpha value is -0.570. The second-order valence-electron chi connectivity index (χ2n) is 6.55. The van der Waals surface area contributed by atoms with Crippen LogP contribution in [0.3, 0.4) is 0 Å². The fourth-order valence-corrected chi connectivity index (χ4v) is 5.00. The summed E-state index contributed by atoms with van der Waals surface area (Å²) < 4.78 is 0. The molecule has 0 spiro atoms. The van der Waals surface area contributed by atoms with E-state index in [9.17, 15) is 9.90 Å². The smallest absolute Gasteiger partial charge is 0.308 e. The Morgan fingerprint density at radius 1 is 1.06 bits per heavy atom. The number of carboxylic acid groups (broad SMARTS) is 1. The molecule has 0 aromatic heterocycles. The van der Waals surface area contributed by atoms with Gasteiger partial charge in [0, 0.05) is 0 Å². The summed E-state index contributed by atoms with van der Waals surface area (Å²) in [6.45, 7) is -0.196. The van der Waals surface area contributed by atoms with Crippen molar-refractivity contribution in [2.45, 2.75) is 38.5 Å². The number of aliphatic hydroxyl groups excluding tert-OH is 1. The topological polar surface area (TPSA) is 57.5 Å². The Bertz CT molecular complexity index is 285. The first-order chi connectivity index (χ1) is 8.17. The molecule has 0 aromatic rings. The van der Waals surface area contributed by atoms with Crippen LogP contribution in [0.25, 0.3) is 0 Å². The third-order valence-corrected chi connectivity index (χ3v) is 5.55. The van der Waals surface area contributed by atoms with Crippen LogP contribution in [0.5, 0.6) is 0 Å². The molecule has 0 heterocycles. The Morgan fingerprint density at radius 3 is 2.00 bits per heavy atom. The second kappa shape index (κ2) is 4.27. The molecule has 4 bridgehead atoms. The zero-order valence-corrected chi connectivity index (χ0v) is 10.2. The van der Waals surface area contributed by atoms with Crippen molar-refractivity contribution in [3.8, 4) is 0 Å². The quantitative estimate of drug-likeness (QED) is 0.789. The zero-order valence-electron chi connectivity index (χ0n) is 10.2. The minimum atomic E-state index is -0.818. The largest absolute Gasteiger partial charge is 0.481 e. The standard InChI is InChI=1S/C14H22O3/c15-7-12(14(16)17)6-13-10-2-8-1-9(4-10)5-11(13)3-8/h8-13,15H,1-7H2,(H,16,17). The summed E-state index contributed by atoms with van der Waals surface area (Å²) in [7, 11) is 0. The molecule has 4 saturated carbocycles. The average molecular weight is 238 g/mol. The third kappa shape index (κ3) is 1.99. The van der Waals surface area contributed by atoms with Crippen LogP contribution in [0.15, 0.2) is 0 Å². The van der Waals surface area contributed by atoms with Gasteiger partial charge in [0.1, 0.15) is 0 Å². The van der Waals surface area contributed by atoms with Gasteiger partial charge in [-0.2, -0.15) is 0 Å². The predicted octanol–water partition coefficient (Wildman–Crippen LogP) is 2.14. The lowest BCUT2D eigenvalue weighted by Crippen LogP contribution is -2.46. The lowest BCUT2D eigenvalue weighted by atomic mass is 9.51. The highest BCUT2D eigenvalue weighted by atomic mass is 16.4. The van der Waals surface area contributed by atoms with Crippen LogP contribution < -0.4 is 0 Å². The molecule has 0 aliphatic heterocycles. The van der Waals surface area contributed by atoms with E-state index in [0.29, 0.717) is 12.3 Å². The molecule has 4 aliphatic rings. The van der Waals surface area contributed by atoms with Gasteiger partial charge in [0.05, 0.1) is 12.5 Å². The van der Waals surface area contributed by atoms with Crippen LogP contribution in [0.1, 0.15) is 38.5 Å². The van der Waals surface area contributed by atoms with Gasteiger partial charge in [-0.05, 0) is 68.1 Å². The van der Waals surface area contributed by atoms with E-state index in [2.05, 4.69) is 0 Å². The molecule has 1 atom stereocenters. The van der Waals surface area contributed by atoms with Crippen LogP contribution in [-0.2, 0) is 4.79 Å². The molecule has 3 nitrogen and oxygen atoms in total. The van der Waals surface area contributed by atoms with Crippen LogP contribution >= 0.6 is 0 Å².